The van der Waals surface area contributed by atoms with Crippen molar-refractivity contribution in [1.82, 2.24) is 0 Å². The van der Waals surface area contributed by atoms with Gasteiger partial charge in [-0.2, -0.15) is 0 Å². The van der Waals surface area contributed by atoms with Crippen molar-refractivity contribution in [2.45, 2.75) is 45.6 Å². The molecule has 1 heterocycles. The molecule has 1 aliphatic rings. The van der Waals surface area contributed by atoms with E-state index in [1.165, 1.54) is 0 Å². The summed E-state index contributed by atoms with van der Waals surface area (Å²) in [4.78, 5) is 10.9. The molecule has 0 N–H and O–H groups in total. The molecule has 1 aliphatic heterocycles. The van der Waals surface area contributed by atoms with Crippen LogP contribution in [0.1, 0.15) is 39.5 Å². The molecule has 2 unspecified atom stereocenters. The first-order valence-corrected chi connectivity index (χ1v) is 4.41. The summed E-state index contributed by atoms with van der Waals surface area (Å²) in [6.07, 6.45) is 4.00. The van der Waals surface area contributed by atoms with Crippen molar-refractivity contribution in [3.05, 3.63) is 0 Å². The molecule has 0 spiro atoms. The lowest BCUT2D eigenvalue weighted by Crippen LogP contribution is -2.28. The summed E-state index contributed by atoms with van der Waals surface area (Å²) in [6.45, 7) is 4.23. The Morgan fingerprint density at radius 3 is 2.91 bits per heavy atom. The van der Waals surface area contributed by atoms with Gasteiger partial charge in [-0.15, -0.1) is 0 Å². The molecular weight excluding hydrogens is 140 g/mol. The number of cyclic esters (lactones) is 1. The average Bonchev–Trinajstić information content (AvgIpc) is 1.85. The fourth-order valence-corrected chi connectivity index (χ4v) is 1.60. The van der Waals surface area contributed by atoms with Gasteiger partial charge in [0.2, 0.25) is 0 Å². The van der Waals surface area contributed by atoms with Crippen LogP contribution in [0.4, 0.5) is 0 Å². The second kappa shape index (κ2) is 3.74. The van der Waals surface area contributed by atoms with Gasteiger partial charge in [0, 0.05) is 6.42 Å². The van der Waals surface area contributed by atoms with Crippen LogP contribution >= 0.6 is 0 Å². The zero-order valence-electron chi connectivity index (χ0n) is 7.30. The molecule has 11 heavy (non-hydrogen) atoms. The SMILES string of the molecule is CCCC1CC(C)CC(=O)O1. The standard InChI is InChI=1S/C9H16O2/c1-3-4-8-5-7(2)6-9(10)11-8/h7-8H,3-6H2,1-2H3. The lowest BCUT2D eigenvalue weighted by atomic mass is 9.95. The first-order valence-electron chi connectivity index (χ1n) is 4.41. The maximum atomic E-state index is 10.9. The van der Waals surface area contributed by atoms with Crippen molar-refractivity contribution in [2.24, 2.45) is 5.92 Å². The Bertz CT molecular complexity index is 142. The molecule has 1 rings (SSSR count). The molecule has 0 aromatic heterocycles. The number of hydrogen-bond donors (Lipinski definition) is 0. The van der Waals surface area contributed by atoms with E-state index in [-0.39, 0.29) is 12.1 Å². The molecule has 0 aromatic rings. The van der Waals surface area contributed by atoms with Crippen LogP contribution in [0.25, 0.3) is 0 Å². The fraction of sp³-hybridized carbons (Fsp3) is 0.889. The van der Waals surface area contributed by atoms with Crippen molar-refractivity contribution in [1.29, 1.82) is 0 Å². The van der Waals surface area contributed by atoms with Crippen molar-refractivity contribution < 1.29 is 9.53 Å². The largest absolute Gasteiger partial charge is 0.462 e. The van der Waals surface area contributed by atoms with E-state index in [1.807, 2.05) is 0 Å². The highest BCUT2D eigenvalue weighted by Crippen LogP contribution is 2.22. The summed E-state index contributed by atoms with van der Waals surface area (Å²) in [5.74, 6) is 0.509. The third-order valence-corrected chi connectivity index (χ3v) is 2.09. The normalized spacial score (nSPS) is 31.6. The zero-order valence-corrected chi connectivity index (χ0v) is 7.30. The molecule has 1 saturated heterocycles. The minimum atomic E-state index is -0.0119. The predicted octanol–water partition coefficient (Wildman–Crippen LogP) is 2.13. The molecule has 2 nitrogen and oxygen atoms in total. The van der Waals surface area contributed by atoms with Gasteiger partial charge < -0.3 is 4.74 Å². The quantitative estimate of drug-likeness (QED) is 0.572. The summed E-state index contributed by atoms with van der Waals surface area (Å²) in [5.41, 5.74) is 0. The van der Waals surface area contributed by atoms with Gasteiger partial charge in [0.25, 0.3) is 0 Å². The smallest absolute Gasteiger partial charge is 0.306 e. The number of hydrogen-bond acceptors (Lipinski definition) is 2. The molecule has 1 fully saturated rings. The molecule has 0 bridgehead atoms. The van der Waals surface area contributed by atoms with Crippen LogP contribution in [-0.2, 0) is 9.53 Å². The Kier molecular flexibility index (Phi) is 2.92. The third kappa shape index (κ3) is 2.52. The predicted molar refractivity (Wildman–Crippen MR) is 43.2 cm³/mol. The van der Waals surface area contributed by atoms with Gasteiger partial charge in [-0.3, -0.25) is 4.79 Å². The number of esters is 1. The van der Waals surface area contributed by atoms with E-state index in [0.29, 0.717) is 12.3 Å². The second-order valence-corrected chi connectivity index (χ2v) is 3.45. The summed E-state index contributed by atoms with van der Waals surface area (Å²) < 4.78 is 5.16. The van der Waals surface area contributed by atoms with Crippen molar-refractivity contribution in [3.8, 4) is 0 Å². The van der Waals surface area contributed by atoms with E-state index in [9.17, 15) is 4.79 Å². The maximum Gasteiger partial charge on any atom is 0.306 e. The van der Waals surface area contributed by atoms with Crippen molar-refractivity contribution in [3.63, 3.8) is 0 Å². The van der Waals surface area contributed by atoms with Crippen LogP contribution in [0.5, 0.6) is 0 Å². The average molecular weight is 156 g/mol. The Balaban J connectivity index is 2.36. The first kappa shape index (κ1) is 8.57. The van der Waals surface area contributed by atoms with Crippen LogP contribution in [0, 0.1) is 5.92 Å². The Morgan fingerprint density at radius 1 is 1.64 bits per heavy atom. The van der Waals surface area contributed by atoms with Gasteiger partial charge >= 0.3 is 5.97 Å². The van der Waals surface area contributed by atoms with Crippen LogP contribution in [0.2, 0.25) is 0 Å². The van der Waals surface area contributed by atoms with E-state index in [1.54, 1.807) is 0 Å². The Morgan fingerprint density at radius 2 is 2.36 bits per heavy atom. The van der Waals surface area contributed by atoms with Gasteiger partial charge in [0.15, 0.2) is 0 Å². The van der Waals surface area contributed by atoms with Gasteiger partial charge in [-0.05, 0) is 18.8 Å². The molecule has 2 heteroatoms. The molecule has 0 aromatic carbocycles. The minimum absolute atomic E-state index is 0.0119. The highest BCUT2D eigenvalue weighted by atomic mass is 16.5. The van der Waals surface area contributed by atoms with Crippen LogP contribution < -0.4 is 0 Å². The highest BCUT2D eigenvalue weighted by molar-refractivity contribution is 5.70. The number of rotatable bonds is 2. The van der Waals surface area contributed by atoms with Gasteiger partial charge in [0.05, 0.1) is 0 Å². The zero-order chi connectivity index (χ0) is 8.27. The molecule has 64 valence electrons. The summed E-state index contributed by atoms with van der Waals surface area (Å²) in [5, 5.41) is 0. The fourth-order valence-electron chi connectivity index (χ4n) is 1.60. The molecule has 0 amide bonds. The number of carbonyl (C=O) groups is 1. The molecule has 0 aliphatic carbocycles. The molecular formula is C9H16O2. The topological polar surface area (TPSA) is 26.3 Å². The summed E-state index contributed by atoms with van der Waals surface area (Å²) in [7, 11) is 0. The molecule has 0 saturated carbocycles. The number of carbonyl (C=O) groups excluding carboxylic acids is 1. The van der Waals surface area contributed by atoms with Gasteiger partial charge in [-0.1, -0.05) is 20.3 Å². The number of ether oxygens (including phenoxy) is 1. The summed E-state index contributed by atoms with van der Waals surface area (Å²) in [6, 6.07) is 0. The Labute approximate surface area is 67.9 Å². The van der Waals surface area contributed by atoms with Crippen molar-refractivity contribution in [2.75, 3.05) is 0 Å². The lowest BCUT2D eigenvalue weighted by Gasteiger charge is -2.26. The maximum absolute atomic E-state index is 10.9. The van der Waals surface area contributed by atoms with Gasteiger partial charge in [-0.25, -0.2) is 0 Å². The van der Waals surface area contributed by atoms with E-state index in [2.05, 4.69) is 13.8 Å². The molecule has 2 atom stereocenters. The van der Waals surface area contributed by atoms with Crippen LogP contribution in [0.3, 0.4) is 0 Å². The van der Waals surface area contributed by atoms with E-state index < -0.39 is 0 Å². The monoisotopic (exact) mass is 156 g/mol. The third-order valence-electron chi connectivity index (χ3n) is 2.09. The first-order chi connectivity index (χ1) is 5.22. The molecule has 0 radical (unpaired) electrons. The van der Waals surface area contributed by atoms with E-state index >= 15 is 0 Å². The minimum Gasteiger partial charge on any atom is -0.462 e. The van der Waals surface area contributed by atoms with Crippen LogP contribution in [-0.4, -0.2) is 12.1 Å². The van der Waals surface area contributed by atoms with Crippen molar-refractivity contribution >= 4 is 5.97 Å². The second-order valence-electron chi connectivity index (χ2n) is 3.45. The lowest BCUT2D eigenvalue weighted by molar-refractivity contribution is -0.156. The summed E-state index contributed by atoms with van der Waals surface area (Å²) >= 11 is 0. The van der Waals surface area contributed by atoms with E-state index in [4.69, 9.17) is 4.74 Å². The Hall–Kier alpha value is -0.530. The highest BCUT2D eigenvalue weighted by Gasteiger charge is 2.24. The van der Waals surface area contributed by atoms with E-state index in [0.717, 1.165) is 19.3 Å². The van der Waals surface area contributed by atoms with Crippen LogP contribution in [0.15, 0.2) is 0 Å². The van der Waals surface area contributed by atoms with Gasteiger partial charge in [0.1, 0.15) is 6.10 Å².